The summed E-state index contributed by atoms with van der Waals surface area (Å²) in [5.74, 6) is 0.00624. The summed E-state index contributed by atoms with van der Waals surface area (Å²) in [5.41, 5.74) is 4.90. The highest BCUT2D eigenvalue weighted by molar-refractivity contribution is 5.94. The number of furan rings is 1. The number of amides is 1. The first-order valence-electron chi connectivity index (χ1n) is 10.2. The average molecular weight is 429 g/mol. The molecule has 32 heavy (non-hydrogen) atoms. The van der Waals surface area contributed by atoms with Gasteiger partial charge in [0.05, 0.1) is 24.9 Å². The first kappa shape index (κ1) is 19.9. The zero-order valence-corrected chi connectivity index (χ0v) is 17.6. The van der Waals surface area contributed by atoms with E-state index < -0.39 is 5.82 Å². The van der Waals surface area contributed by atoms with Crippen molar-refractivity contribution >= 4 is 22.5 Å². The maximum Gasteiger partial charge on any atom is 0.254 e. The SMILES string of the molecule is Cc1cc(C)c2c(c1)cc(CN(Cc1ccco1)C(=O)c1ccc(F)cc1)c1nnnn12. The smallest absolute Gasteiger partial charge is 0.254 e. The van der Waals surface area contributed by atoms with E-state index in [1.54, 1.807) is 21.7 Å². The van der Waals surface area contributed by atoms with Crippen molar-refractivity contribution in [3.05, 3.63) is 94.7 Å². The standard InChI is InChI=1S/C24H20FN5O2/c1-15-10-16(2)22-18(11-15)12-19(23-26-27-28-30(22)23)13-29(14-21-4-3-9-32-21)24(31)17-5-7-20(25)8-6-17/h3-12H,13-14H2,1-2H3. The van der Waals surface area contributed by atoms with E-state index in [-0.39, 0.29) is 19.0 Å². The molecule has 8 heteroatoms. The van der Waals surface area contributed by atoms with E-state index in [9.17, 15) is 9.18 Å². The van der Waals surface area contributed by atoms with Gasteiger partial charge in [0.15, 0.2) is 5.65 Å². The summed E-state index contributed by atoms with van der Waals surface area (Å²) in [6.07, 6.45) is 1.57. The van der Waals surface area contributed by atoms with Crippen LogP contribution in [0.25, 0.3) is 16.6 Å². The summed E-state index contributed by atoms with van der Waals surface area (Å²) in [4.78, 5) is 15.0. The minimum atomic E-state index is -0.393. The highest BCUT2D eigenvalue weighted by Gasteiger charge is 2.21. The third kappa shape index (κ3) is 3.60. The van der Waals surface area contributed by atoms with Crippen molar-refractivity contribution in [2.24, 2.45) is 0 Å². The van der Waals surface area contributed by atoms with E-state index in [1.807, 2.05) is 26.0 Å². The molecule has 0 radical (unpaired) electrons. The molecule has 5 rings (SSSR count). The minimum Gasteiger partial charge on any atom is -0.467 e. The van der Waals surface area contributed by atoms with Crippen LogP contribution in [-0.4, -0.2) is 30.8 Å². The average Bonchev–Trinajstić information content (AvgIpc) is 3.45. The number of hydrogen-bond donors (Lipinski definition) is 0. The van der Waals surface area contributed by atoms with Crippen LogP contribution in [0.5, 0.6) is 0 Å². The second-order valence-corrected chi connectivity index (χ2v) is 7.85. The number of aromatic nitrogens is 4. The largest absolute Gasteiger partial charge is 0.467 e. The van der Waals surface area contributed by atoms with Gasteiger partial charge in [0.1, 0.15) is 11.6 Å². The summed E-state index contributed by atoms with van der Waals surface area (Å²) in [6.45, 7) is 4.57. The molecule has 2 aromatic carbocycles. The molecule has 7 nitrogen and oxygen atoms in total. The van der Waals surface area contributed by atoms with Gasteiger partial charge in [-0.2, -0.15) is 4.52 Å². The molecular weight excluding hydrogens is 409 g/mol. The van der Waals surface area contributed by atoms with E-state index >= 15 is 0 Å². The van der Waals surface area contributed by atoms with Crippen molar-refractivity contribution in [1.82, 2.24) is 24.9 Å². The molecule has 3 aromatic heterocycles. The monoisotopic (exact) mass is 429 g/mol. The molecule has 5 aromatic rings. The zero-order chi connectivity index (χ0) is 22.2. The summed E-state index contributed by atoms with van der Waals surface area (Å²) in [6, 6.07) is 15.3. The van der Waals surface area contributed by atoms with E-state index in [4.69, 9.17) is 4.42 Å². The number of rotatable bonds is 5. The van der Waals surface area contributed by atoms with Gasteiger partial charge in [-0.3, -0.25) is 4.79 Å². The Morgan fingerprint density at radius 2 is 1.91 bits per heavy atom. The van der Waals surface area contributed by atoms with Crippen LogP contribution in [0, 0.1) is 19.7 Å². The van der Waals surface area contributed by atoms with Gasteiger partial charge in [-0.15, -0.1) is 5.10 Å². The number of halogens is 1. The Labute approximate surface area is 183 Å². The Morgan fingerprint density at radius 3 is 2.66 bits per heavy atom. The first-order chi connectivity index (χ1) is 15.5. The van der Waals surface area contributed by atoms with Crippen molar-refractivity contribution in [1.29, 1.82) is 0 Å². The minimum absolute atomic E-state index is 0.243. The predicted octanol–water partition coefficient (Wildman–Crippen LogP) is 4.47. The van der Waals surface area contributed by atoms with Crippen molar-refractivity contribution < 1.29 is 13.6 Å². The number of fused-ring (bicyclic) bond motifs is 3. The van der Waals surface area contributed by atoms with Crippen molar-refractivity contribution in [3.8, 4) is 0 Å². The Hall–Kier alpha value is -4.07. The molecule has 0 atom stereocenters. The van der Waals surface area contributed by atoms with Crippen LogP contribution in [0.1, 0.15) is 32.8 Å². The number of carbonyl (C=O) groups is 1. The number of benzene rings is 2. The van der Waals surface area contributed by atoms with E-state index in [0.29, 0.717) is 17.0 Å². The summed E-state index contributed by atoms with van der Waals surface area (Å²) in [7, 11) is 0. The molecule has 3 heterocycles. The van der Waals surface area contributed by atoms with E-state index in [0.717, 1.165) is 27.6 Å². The van der Waals surface area contributed by atoms with Gasteiger partial charge < -0.3 is 9.32 Å². The summed E-state index contributed by atoms with van der Waals surface area (Å²) >= 11 is 0. The molecule has 0 aliphatic carbocycles. The van der Waals surface area contributed by atoms with Gasteiger partial charge in [-0.25, -0.2) is 4.39 Å². The molecule has 0 spiro atoms. The van der Waals surface area contributed by atoms with Gasteiger partial charge in [-0.1, -0.05) is 11.6 Å². The normalized spacial score (nSPS) is 11.3. The lowest BCUT2D eigenvalue weighted by Crippen LogP contribution is -2.30. The highest BCUT2D eigenvalue weighted by Crippen LogP contribution is 2.25. The lowest BCUT2D eigenvalue weighted by molar-refractivity contribution is 0.0718. The number of aryl methyl sites for hydroxylation is 2. The molecule has 0 N–H and O–H groups in total. The molecule has 0 aliphatic rings. The van der Waals surface area contributed by atoms with Crippen LogP contribution in [0.4, 0.5) is 4.39 Å². The van der Waals surface area contributed by atoms with Gasteiger partial charge in [0.25, 0.3) is 5.91 Å². The fourth-order valence-electron chi connectivity index (χ4n) is 4.07. The fraction of sp³-hybridized carbons (Fsp3) is 0.167. The van der Waals surface area contributed by atoms with Gasteiger partial charge in [0.2, 0.25) is 0 Å². The third-order valence-corrected chi connectivity index (χ3v) is 5.44. The van der Waals surface area contributed by atoms with Crippen LogP contribution in [0.2, 0.25) is 0 Å². The predicted molar refractivity (Wildman–Crippen MR) is 116 cm³/mol. The van der Waals surface area contributed by atoms with Crippen LogP contribution in [0.3, 0.4) is 0 Å². The Kier molecular flexibility index (Phi) is 4.89. The number of hydrogen-bond acceptors (Lipinski definition) is 5. The lowest BCUT2D eigenvalue weighted by atomic mass is 10.0. The molecule has 0 aliphatic heterocycles. The Morgan fingerprint density at radius 1 is 1.09 bits per heavy atom. The number of tetrazole rings is 1. The van der Waals surface area contributed by atoms with Crippen molar-refractivity contribution in [2.75, 3.05) is 0 Å². The van der Waals surface area contributed by atoms with Gasteiger partial charge in [-0.05, 0) is 78.4 Å². The topological polar surface area (TPSA) is 76.5 Å². The van der Waals surface area contributed by atoms with Crippen molar-refractivity contribution in [3.63, 3.8) is 0 Å². The maximum absolute atomic E-state index is 13.4. The van der Waals surface area contributed by atoms with Gasteiger partial charge >= 0.3 is 0 Å². The van der Waals surface area contributed by atoms with Crippen molar-refractivity contribution in [2.45, 2.75) is 26.9 Å². The molecule has 0 unspecified atom stereocenters. The summed E-state index contributed by atoms with van der Waals surface area (Å²) < 4.78 is 20.6. The third-order valence-electron chi connectivity index (χ3n) is 5.44. The van der Waals surface area contributed by atoms with E-state index in [2.05, 4.69) is 27.7 Å². The van der Waals surface area contributed by atoms with Crippen LogP contribution < -0.4 is 0 Å². The molecule has 0 bridgehead atoms. The zero-order valence-electron chi connectivity index (χ0n) is 17.6. The number of pyridine rings is 1. The quantitative estimate of drug-likeness (QED) is 0.412. The maximum atomic E-state index is 13.4. The van der Waals surface area contributed by atoms with Crippen LogP contribution in [-0.2, 0) is 13.1 Å². The lowest BCUT2D eigenvalue weighted by Gasteiger charge is -2.22. The second kappa shape index (κ2) is 7.88. The number of nitrogens with zero attached hydrogens (tertiary/aromatic N) is 5. The van der Waals surface area contributed by atoms with Gasteiger partial charge in [0, 0.05) is 16.5 Å². The molecule has 0 saturated heterocycles. The first-order valence-corrected chi connectivity index (χ1v) is 10.2. The Bertz CT molecular complexity index is 1420. The molecule has 160 valence electrons. The second-order valence-electron chi connectivity index (χ2n) is 7.85. The highest BCUT2D eigenvalue weighted by atomic mass is 19.1. The van der Waals surface area contributed by atoms with Crippen LogP contribution in [0.15, 0.2) is 65.3 Å². The molecule has 1 amide bonds. The van der Waals surface area contributed by atoms with Crippen LogP contribution >= 0.6 is 0 Å². The fourth-order valence-corrected chi connectivity index (χ4v) is 4.07. The molecular formula is C24H20FN5O2. The summed E-state index contributed by atoms with van der Waals surface area (Å²) in [5, 5.41) is 13.3. The molecule has 0 fully saturated rings. The molecule has 0 saturated carbocycles. The Balaban J connectivity index is 1.60. The number of carbonyl (C=O) groups excluding carboxylic acids is 1. The van der Waals surface area contributed by atoms with E-state index in [1.165, 1.54) is 24.3 Å².